The molecule has 2 fully saturated rings. The molecule has 1 aromatic heterocycles. The minimum absolute atomic E-state index is 0.209. The highest BCUT2D eigenvalue weighted by Gasteiger charge is 2.42. The van der Waals surface area contributed by atoms with Crippen LogP contribution in [0.4, 0.5) is 5.13 Å². The first-order chi connectivity index (χ1) is 13.2. The van der Waals surface area contributed by atoms with Gasteiger partial charge in [0.25, 0.3) is 0 Å². The van der Waals surface area contributed by atoms with Crippen molar-refractivity contribution in [3.05, 3.63) is 40.9 Å². The lowest BCUT2D eigenvalue weighted by molar-refractivity contribution is -0.137. The van der Waals surface area contributed by atoms with Crippen LogP contribution in [0, 0.1) is 5.41 Å². The van der Waals surface area contributed by atoms with Gasteiger partial charge in [-0.25, -0.2) is 0 Å². The number of aryl methyl sites for hydroxylation is 1. The average molecular weight is 385 g/mol. The minimum Gasteiger partial charge on any atom is -0.346 e. The molecule has 6 heteroatoms. The van der Waals surface area contributed by atoms with Crippen molar-refractivity contribution in [1.29, 1.82) is 0 Å². The number of hydrogen-bond donors (Lipinski definition) is 0. The van der Waals surface area contributed by atoms with Gasteiger partial charge in [0, 0.05) is 38.0 Å². The fourth-order valence-corrected chi connectivity index (χ4v) is 5.24. The summed E-state index contributed by atoms with van der Waals surface area (Å²) >= 11 is 1.72. The van der Waals surface area contributed by atoms with E-state index in [4.69, 9.17) is 0 Å². The lowest BCUT2D eigenvalue weighted by Gasteiger charge is -2.48. The van der Waals surface area contributed by atoms with Crippen molar-refractivity contribution in [1.82, 2.24) is 15.1 Å². The quantitative estimate of drug-likeness (QED) is 0.791. The molecular formula is C21H28N4OS. The van der Waals surface area contributed by atoms with Gasteiger partial charge in [0.2, 0.25) is 11.0 Å². The van der Waals surface area contributed by atoms with Crippen LogP contribution in [0.5, 0.6) is 0 Å². The fraction of sp³-hybridized carbons (Fsp3) is 0.571. The van der Waals surface area contributed by atoms with Crippen LogP contribution in [0.15, 0.2) is 30.3 Å². The Hall–Kier alpha value is -1.95. The van der Waals surface area contributed by atoms with Crippen molar-refractivity contribution in [2.75, 3.05) is 31.1 Å². The number of rotatable bonds is 5. The molecular weight excluding hydrogens is 356 g/mol. The summed E-state index contributed by atoms with van der Waals surface area (Å²) in [7, 11) is 0. The second-order valence-corrected chi connectivity index (χ2v) is 8.95. The van der Waals surface area contributed by atoms with E-state index < -0.39 is 0 Å². The summed E-state index contributed by atoms with van der Waals surface area (Å²) in [5.74, 6) is 0.317. The smallest absolute Gasteiger partial charge is 0.222 e. The molecule has 0 radical (unpaired) electrons. The molecule has 1 spiro atoms. The fourth-order valence-electron chi connectivity index (χ4n) is 4.43. The molecule has 144 valence electrons. The summed E-state index contributed by atoms with van der Waals surface area (Å²) in [5, 5.41) is 10.9. The zero-order chi connectivity index (χ0) is 18.7. The first kappa shape index (κ1) is 18.4. The number of carbonyl (C=O) groups is 1. The van der Waals surface area contributed by atoms with E-state index in [2.05, 4.69) is 51.2 Å². The van der Waals surface area contributed by atoms with Crippen LogP contribution >= 0.6 is 11.3 Å². The Labute approximate surface area is 165 Å². The van der Waals surface area contributed by atoms with Gasteiger partial charge in [-0.1, -0.05) is 48.6 Å². The molecule has 3 heterocycles. The van der Waals surface area contributed by atoms with E-state index in [0.717, 1.165) is 55.6 Å². The topological polar surface area (TPSA) is 49.3 Å². The van der Waals surface area contributed by atoms with Crippen molar-refractivity contribution >= 4 is 22.4 Å². The third kappa shape index (κ3) is 4.15. The van der Waals surface area contributed by atoms with Gasteiger partial charge in [-0.2, -0.15) is 0 Å². The summed E-state index contributed by atoms with van der Waals surface area (Å²) in [4.78, 5) is 17.0. The summed E-state index contributed by atoms with van der Waals surface area (Å²) in [6, 6.07) is 10.5. The second-order valence-electron chi connectivity index (χ2n) is 7.91. The Bertz CT molecular complexity index is 777. The van der Waals surface area contributed by atoms with Crippen molar-refractivity contribution in [3.63, 3.8) is 0 Å². The van der Waals surface area contributed by atoms with Crippen molar-refractivity contribution in [3.8, 4) is 0 Å². The molecule has 2 saturated heterocycles. The normalized spacial score (nSPS) is 23.2. The van der Waals surface area contributed by atoms with Crippen LogP contribution in [-0.4, -0.2) is 47.2 Å². The van der Waals surface area contributed by atoms with Crippen LogP contribution in [0.1, 0.15) is 43.2 Å². The number of benzene rings is 1. The second kappa shape index (κ2) is 7.97. The maximum absolute atomic E-state index is 12.5. The molecule has 0 saturated carbocycles. The van der Waals surface area contributed by atoms with Gasteiger partial charge < -0.3 is 9.80 Å². The predicted molar refractivity (Wildman–Crippen MR) is 109 cm³/mol. The van der Waals surface area contributed by atoms with Gasteiger partial charge in [0.05, 0.1) is 0 Å². The maximum atomic E-state index is 12.5. The molecule has 5 nitrogen and oxygen atoms in total. The van der Waals surface area contributed by atoms with Gasteiger partial charge in [-0.05, 0) is 37.7 Å². The summed E-state index contributed by atoms with van der Waals surface area (Å²) in [5.41, 5.74) is 1.51. The van der Waals surface area contributed by atoms with E-state index in [1.165, 1.54) is 18.4 Å². The molecule has 4 rings (SSSR count). The Morgan fingerprint density at radius 1 is 1.15 bits per heavy atom. The van der Waals surface area contributed by atoms with Crippen LogP contribution in [0.3, 0.4) is 0 Å². The number of nitrogens with zero attached hydrogens (tertiary/aromatic N) is 4. The highest BCUT2D eigenvalue weighted by Crippen LogP contribution is 2.40. The Balaban J connectivity index is 1.43. The van der Waals surface area contributed by atoms with E-state index in [9.17, 15) is 4.79 Å². The molecule has 27 heavy (non-hydrogen) atoms. The number of carbonyl (C=O) groups excluding carboxylic acids is 1. The summed E-state index contributed by atoms with van der Waals surface area (Å²) < 4.78 is 0. The van der Waals surface area contributed by atoms with Gasteiger partial charge in [0.1, 0.15) is 5.01 Å². The number of hydrogen-bond acceptors (Lipinski definition) is 5. The molecule has 0 N–H and O–H groups in total. The van der Waals surface area contributed by atoms with Gasteiger partial charge in [0.15, 0.2) is 0 Å². The third-order valence-electron chi connectivity index (χ3n) is 5.95. The van der Waals surface area contributed by atoms with Crippen molar-refractivity contribution in [2.24, 2.45) is 5.41 Å². The Morgan fingerprint density at radius 3 is 2.78 bits per heavy atom. The molecule has 2 aliphatic rings. The standard InChI is InChI=1S/C21H28N4OS/c1-2-18-22-23-20(27-18)25-13-6-11-21(16-25)12-9-19(26)24(15-21)14-10-17-7-4-3-5-8-17/h3-5,7-8H,2,6,9-16H2,1H3/t21-/m0/s1. The molecule has 1 atom stereocenters. The van der Waals surface area contributed by atoms with E-state index in [1.54, 1.807) is 11.3 Å². The number of aromatic nitrogens is 2. The van der Waals surface area contributed by atoms with E-state index >= 15 is 0 Å². The van der Waals surface area contributed by atoms with Gasteiger partial charge in [-0.15, -0.1) is 10.2 Å². The molecule has 1 aromatic carbocycles. The minimum atomic E-state index is 0.209. The molecule has 0 bridgehead atoms. The number of likely N-dealkylation sites (tertiary alicyclic amines) is 1. The van der Waals surface area contributed by atoms with Gasteiger partial charge in [-0.3, -0.25) is 4.79 Å². The number of anilines is 1. The monoisotopic (exact) mass is 384 g/mol. The lowest BCUT2D eigenvalue weighted by Crippen LogP contribution is -2.54. The largest absolute Gasteiger partial charge is 0.346 e. The van der Waals surface area contributed by atoms with Crippen LogP contribution in [0.25, 0.3) is 0 Å². The van der Waals surface area contributed by atoms with Crippen LogP contribution in [-0.2, 0) is 17.6 Å². The first-order valence-electron chi connectivity index (χ1n) is 10.1. The summed E-state index contributed by atoms with van der Waals surface area (Å²) in [6.07, 6.45) is 5.93. The summed E-state index contributed by atoms with van der Waals surface area (Å²) in [6.45, 7) is 5.88. The molecule has 1 amide bonds. The SMILES string of the molecule is CCc1nnc(N2CCC[C@@]3(CCC(=O)N(CCc4ccccc4)C3)C2)s1. The molecule has 0 aliphatic carbocycles. The zero-order valence-electron chi connectivity index (χ0n) is 16.1. The maximum Gasteiger partial charge on any atom is 0.222 e. The molecule has 0 unspecified atom stereocenters. The highest BCUT2D eigenvalue weighted by molar-refractivity contribution is 7.15. The van der Waals surface area contributed by atoms with Crippen molar-refractivity contribution < 1.29 is 4.79 Å². The number of piperidine rings is 2. The van der Waals surface area contributed by atoms with E-state index in [-0.39, 0.29) is 5.41 Å². The van der Waals surface area contributed by atoms with Crippen molar-refractivity contribution in [2.45, 2.75) is 45.4 Å². The molecule has 2 aromatic rings. The number of amides is 1. The van der Waals surface area contributed by atoms with Crippen LogP contribution in [0.2, 0.25) is 0 Å². The average Bonchev–Trinajstić information content (AvgIpc) is 3.19. The first-order valence-corrected chi connectivity index (χ1v) is 10.9. The van der Waals surface area contributed by atoms with Crippen LogP contribution < -0.4 is 4.90 Å². The molecule has 2 aliphatic heterocycles. The highest BCUT2D eigenvalue weighted by atomic mass is 32.1. The predicted octanol–water partition coefficient (Wildman–Crippen LogP) is 3.55. The van der Waals surface area contributed by atoms with E-state index in [1.807, 2.05) is 6.07 Å². The lowest BCUT2D eigenvalue weighted by atomic mass is 9.73. The zero-order valence-corrected chi connectivity index (χ0v) is 16.9. The van der Waals surface area contributed by atoms with E-state index in [0.29, 0.717) is 12.3 Å². The third-order valence-corrected chi connectivity index (χ3v) is 7.08. The Morgan fingerprint density at radius 2 is 2.00 bits per heavy atom. The van der Waals surface area contributed by atoms with Gasteiger partial charge >= 0.3 is 0 Å². The Kier molecular flexibility index (Phi) is 5.43.